The van der Waals surface area contributed by atoms with E-state index in [-0.39, 0.29) is 12.2 Å². The minimum atomic E-state index is -0.803. The molecule has 0 heterocycles. The van der Waals surface area contributed by atoms with Crippen molar-refractivity contribution in [2.75, 3.05) is 6.61 Å². The van der Waals surface area contributed by atoms with Gasteiger partial charge in [0.15, 0.2) is 6.61 Å². The highest BCUT2D eigenvalue weighted by Crippen LogP contribution is 2.20. The number of nitrogens with zero attached hydrogens (tertiary/aromatic N) is 2. The Morgan fingerprint density at radius 1 is 1.41 bits per heavy atom. The number of hydrogen-bond acceptors (Lipinski definition) is 4. The molecule has 5 heteroatoms. The second-order valence-corrected chi connectivity index (χ2v) is 3.02. The molecule has 0 aliphatic rings. The van der Waals surface area contributed by atoms with E-state index in [1.165, 1.54) is 6.08 Å². The van der Waals surface area contributed by atoms with Crippen molar-refractivity contribution < 1.29 is 9.53 Å². The van der Waals surface area contributed by atoms with Crippen LogP contribution in [0.1, 0.15) is 5.56 Å². The normalized spacial score (nSPS) is 10.1. The Morgan fingerprint density at radius 2 is 2.12 bits per heavy atom. The molecule has 0 saturated carbocycles. The molecule has 1 aromatic carbocycles. The number of nitrogens with two attached hydrogens (primary N) is 1. The molecule has 0 aliphatic heterocycles. The number of carbonyl (C=O) groups is 1. The van der Waals surface area contributed by atoms with E-state index in [0.717, 1.165) is 0 Å². The number of para-hydroxylation sites is 1. The summed E-state index contributed by atoms with van der Waals surface area (Å²) in [6, 6.07) is 10.3. The number of nitriles is 2. The van der Waals surface area contributed by atoms with Crippen LogP contribution in [0.25, 0.3) is 6.08 Å². The van der Waals surface area contributed by atoms with E-state index in [4.69, 9.17) is 21.0 Å². The maximum atomic E-state index is 10.9. The molecule has 2 N–H and O–H groups in total. The number of hydrogen-bond donors (Lipinski definition) is 1. The third-order valence-electron chi connectivity index (χ3n) is 1.90. The van der Waals surface area contributed by atoms with Crippen molar-refractivity contribution in [3.63, 3.8) is 0 Å². The highest BCUT2D eigenvalue weighted by atomic mass is 16.5. The third-order valence-corrected chi connectivity index (χ3v) is 1.90. The minimum absolute atomic E-state index is 0.108. The molecule has 0 bridgehead atoms. The Hall–Kier alpha value is -2.79. The lowest BCUT2D eigenvalue weighted by atomic mass is 10.1. The summed E-state index contributed by atoms with van der Waals surface area (Å²) in [5.41, 5.74) is 5.38. The Balaban J connectivity index is 3.10. The molecule has 17 heavy (non-hydrogen) atoms. The summed E-state index contributed by atoms with van der Waals surface area (Å²) in [5.74, 6) is -0.384. The van der Waals surface area contributed by atoms with Gasteiger partial charge in [-0.05, 0) is 12.1 Å². The summed E-state index contributed by atoms with van der Waals surface area (Å²) in [7, 11) is 0. The molecule has 84 valence electrons. The van der Waals surface area contributed by atoms with Gasteiger partial charge < -0.3 is 10.5 Å². The summed E-state index contributed by atoms with van der Waals surface area (Å²) in [6.07, 6.45) is 1.33. The van der Waals surface area contributed by atoms with Gasteiger partial charge in [-0.25, -0.2) is 0 Å². The van der Waals surface area contributed by atoms with Gasteiger partial charge in [0, 0.05) is 5.56 Å². The molecule has 0 unspecified atom stereocenters. The maximum Gasteiger partial charge on any atom is 0.259 e. The lowest BCUT2D eigenvalue weighted by Crippen LogP contribution is -2.12. The van der Waals surface area contributed by atoms with Crippen LogP contribution in [0.4, 0.5) is 0 Å². The van der Waals surface area contributed by atoms with Crippen LogP contribution < -0.4 is 10.5 Å². The van der Waals surface area contributed by atoms with E-state index in [2.05, 4.69) is 0 Å². The van der Waals surface area contributed by atoms with E-state index in [9.17, 15) is 4.79 Å². The minimum Gasteiger partial charge on any atom is -0.478 e. The average Bonchev–Trinajstić information content (AvgIpc) is 2.34. The second-order valence-electron chi connectivity index (χ2n) is 3.02. The first-order valence-electron chi connectivity index (χ1n) is 4.69. The molecule has 5 nitrogen and oxygen atoms in total. The van der Waals surface area contributed by atoms with Gasteiger partial charge in [0.05, 0.1) is 0 Å². The molecule has 0 radical (unpaired) electrons. The van der Waals surface area contributed by atoms with Crippen molar-refractivity contribution >= 4 is 12.0 Å². The fraction of sp³-hybridized carbons (Fsp3) is 0.0833. The van der Waals surface area contributed by atoms with Gasteiger partial charge >= 0.3 is 0 Å². The van der Waals surface area contributed by atoms with Crippen molar-refractivity contribution in [3.8, 4) is 17.9 Å². The largest absolute Gasteiger partial charge is 0.478 e. The first kappa shape index (κ1) is 12.3. The molecular weight excluding hydrogens is 218 g/mol. The lowest BCUT2D eigenvalue weighted by Gasteiger charge is -2.05. The molecule has 0 fully saturated rings. The van der Waals surface area contributed by atoms with Crippen LogP contribution in [0.5, 0.6) is 5.75 Å². The fourth-order valence-corrected chi connectivity index (χ4v) is 1.16. The molecule has 1 rings (SSSR count). The van der Waals surface area contributed by atoms with Crippen molar-refractivity contribution in [1.82, 2.24) is 0 Å². The predicted molar refractivity (Wildman–Crippen MR) is 60.3 cm³/mol. The van der Waals surface area contributed by atoms with Crippen LogP contribution in [0.15, 0.2) is 29.8 Å². The lowest BCUT2D eigenvalue weighted by molar-refractivity contribution is -0.114. The zero-order valence-electron chi connectivity index (χ0n) is 8.88. The molecule has 0 aliphatic carbocycles. The van der Waals surface area contributed by atoms with Crippen molar-refractivity contribution in [3.05, 3.63) is 35.4 Å². The van der Waals surface area contributed by atoms with Gasteiger partial charge in [-0.1, -0.05) is 18.2 Å². The number of ether oxygens (including phenoxy) is 1. The molecule has 0 saturated heterocycles. The van der Waals surface area contributed by atoms with E-state index >= 15 is 0 Å². The monoisotopic (exact) mass is 227 g/mol. The molecular formula is C12H9N3O2. The zero-order chi connectivity index (χ0) is 12.7. The summed E-state index contributed by atoms with van der Waals surface area (Å²) >= 11 is 0. The molecule has 0 spiro atoms. The molecule has 0 atom stereocenters. The second kappa shape index (κ2) is 5.94. The van der Waals surface area contributed by atoms with E-state index in [1.54, 1.807) is 30.3 Å². The third kappa shape index (κ3) is 3.37. The van der Waals surface area contributed by atoms with Gasteiger partial charge in [0.25, 0.3) is 5.91 Å². The first-order valence-corrected chi connectivity index (χ1v) is 4.69. The average molecular weight is 227 g/mol. The van der Waals surface area contributed by atoms with Crippen LogP contribution >= 0.6 is 0 Å². The highest BCUT2D eigenvalue weighted by Gasteiger charge is 2.06. The van der Waals surface area contributed by atoms with Crippen LogP contribution in [-0.4, -0.2) is 12.5 Å². The van der Waals surface area contributed by atoms with E-state index < -0.39 is 5.91 Å². The number of amides is 1. The predicted octanol–water partition coefficient (Wildman–Crippen LogP) is 0.981. The number of benzene rings is 1. The number of rotatable bonds is 4. The van der Waals surface area contributed by atoms with Crippen LogP contribution in [0.3, 0.4) is 0 Å². The zero-order valence-corrected chi connectivity index (χ0v) is 8.88. The van der Waals surface area contributed by atoms with E-state index in [0.29, 0.717) is 11.3 Å². The van der Waals surface area contributed by atoms with Gasteiger partial charge in [0.1, 0.15) is 23.5 Å². The smallest absolute Gasteiger partial charge is 0.259 e. The Morgan fingerprint density at radius 3 is 2.71 bits per heavy atom. The maximum absolute atomic E-state index is 10.9. The van der Waals surface area contributed by atoms with Gasteiger partial charge in [-0.3, -0.25) is 4.79 Å². The summed E-state index contributed by atoms with van der Waals surface area (Å²) in [6.45, 7) is -0.108. The van der Waals surface area contributed by atoms with Gasteiger partial charge in [0.2, 0.25) is 0 Å². The van der Waals surface area contributed by atoms with Crippen LogP contribution in [0, 0.1) is 22.7 Å². The number of carbonyl (C=O) groups excluding carboxylic acids is 1. The molecule has 1 amide bonds. The first-order chi connectivity index (χ1) is 8.19. The Kier molecular flexibility index (Phi) is 4.29. The highest BCUT2D eigenvalue weighted by molar-refractivity contribution is 6.00. The summed E-state index contributed by atoms with van der Waals surface area (Å²) < 4.78 is 5.14. The van der Waals surface area contributed by atoms with Crippen LogP contribution in [-0.2, 0) is 4.79 Å². The van der Waals surface area contributed by atoms with Gasteiger partial charge in [-0.2, -0.15) is 10.5 Å². The molecule has 0 aromatic heterocycles. The van der Waals surface area contributed by atoms with Crippen molar-refractivity contribution in [2.45, 2.75) is 0 Å². The summed E-state index contributed by atoms with van der Waals surface area (Å²) in [5, 5.41) is 17.1. The van der Waals surface area contributed by atoms with Crippen LogP contribution in [0.2, 0.25) is 0 Å². The Bertz CT molecular complexity index is 535. The summed E-state index contributed by atoms with van der Waals surface area (Å²) in [4.78, 5) is 10.9. The standard InChI is InChI=1S/C12H9N3O2/c13-5-6-17-11-4-2-1-3-9(11)7-10(8-14)12(15)16/h1-4,7H,6H2,(H2,15,16)/b10-7-. The number of primary amides is 1. The van der Waals surface area contributed by atoms with E-state index in [1.807, 2.05) is 6.07 Å². The molecule has 1 aromatic rings. The quantitative estimate of drug-likeness (QED) is 0.612. The van der Waals surface area contributed by atoms with Crippen molar-refractivity contribution in [2.24, 2.45) is 5.73 Å². The van der Waals surface area contributed by atoms with Gasteiger partial charge in [-0.15, -0.1) is 0 Å². The fourth-order valence-electron chi connectivity index (χ4n) is 1.16. The Labute approximate surface area is 98.3 Å². The topological polar surface area (TPSA) is 99.9 Å². The SMILES string of the molecule is N#CCOc1ccccc1/C=C(/C#N)C(N)=O. The van der Waals surface area contributed by atoms with Crippen molar-refractivity contribution in [1.29, 1.82) is 10.5 Å².